The lowest BCUT2D eigenvalue weighted by Crippen LogP contribution is -2.42. The van der Waals surface area contributed by atoms with Crippen molar-refractivity contribution in [2.24, 2.45) is 5.92 Å². The number of hydrogen-bond donors (Lipinski definition) is 2. The molecule has 0 amide bonds. The van der Waals surface area contributed by atoms with E-state index in [4.69, 9.17) is 5.11 Å². The maximum Gasteiger partial charge on any atom is 0.0558 e. The van der Waals surface area contributed by atoms with Crippen LogP contribution in [0.1, 0.15) is 26.7 Å². The first-order valence-corrected chi connectivity index (χ1v) is 5.84. The minimum Gasteiger partial charge on any atom is -0.395 e. The fraction of sp³-hybridized carbons (Fsp3) is 1.00. The van der Waals surface area contributed by atoms with Crippen molar-refractivity contribution in [2.75, 3.05) is 32.8 Å². The lowest BCUT2D eigenvalue weighted by Gasteiger charge is -2.34. The number of β-amino-alcohol motifs (C(OH)–C–C–N with tert-alkyl or cyclic N) is 1. The minimum atomic E-state index is 0.299. The summed E-state index contributed by atoms with van der Waals surface area (Å²) in [6, 6.07) is 0.649. The zero-order valence-corrected chi connectivity index (χ0v) is 9.50. The summed E-state index contributed by atoms with van der Waals surface area (Å²) in [6.45, 7) is 8.98. The van der Waals surface area contributed by atoms with Crippen LogP contribution in [0.25, 0.3) is 0 Å². The average molecular weight is 200 g/mol. The molecule has 1 atom stereocenters. The number of aliphatic hydroxyl groups is 1. The van der Waals surface area contributed by atoms with Gasteiger partial charge in [-0.3, -0.25) is 0 Å². The Hall–Kier alpha value is -0.120. The van der Waals surface area contributed by atoms with Gasteiger partial charge in [-0.25, -0.2) is 0 Å². The van der Waals surface area contributed by atoms with Gasteiger partial charge < -0.3 is 15.3 Å². The highest BCUT2D eigenvalue weighted by Gasteiger charge is 2.22. The molecule has 3 nitrogen and oxygen atoms in total. The molecule has 0 aliphatic carbocycles. The SMILES string of the molecule is CCNC(C)C1CCN(CCO)CC1. The van der Waals surface area contributed by atoms with Gasteiger partial charge in [0.2, 0.25) is 0 Å². The van der Waals surface area contributed by atoms with Gasteiger partial charge in [-0.15, -0.1) is 0 Å². The van der Waals surface area contributed by atoms with E-state index in [1.807, 2.05) is 0 Å². The number of piperidine rings is 1. The predicted octanol–water partition coefficient (Wildman–Crippen LogP) is 0.689. The van der Waals surface area contributed by atoms with Crippen molar-refractivity contribution in [3.05, 3.63) is 0 Å². The van der Waals surface area contributed by atoms with Crippen molar-refractivity contribution >= 4 is 0 Å². The molecule has 0 radical (unpaired) electrons. The average Bonchev–Trinajstić information content (AvgIpc) is 2.20. The molecule has 2 N–H and O–H groups in total. The van der Waals surface area contributed by atoms with Gasteiger partial charge in [0.1, 0.15) is 0 Å². The van der Waals surface area contributed by atoms with Crippen LogP contribution in [0.4, 0.5) is 0 Å². The number of likely N-dealkylation sites (tertiary alicyclic amines) is 1. The highest BCUT2D eigenvalue weighted by molar-refractivity contribution is 4.78. The summed E-state index contributed by atoms with van der Waals surface area (Å²) >= 11 is 0. The fourth-order valence-electron chi connectivity index (χ4n) is 2.31. The molecular formula is C11H24N2O. The molecule has 0 aromatic rings. The van der Waals surface area contributed by atoms with Crippen LogP contribution < -0.4 is 5.32 Å². The van der Waals surface area contributed by atoms with Crippen molar-refractivity contribution in [2.45, 2.75) is 32.7 Å². The second kappa shape index (κ2) is 6.38. The normalized spacial score (nSPS) is 22.5. The number of nitrogens with zero attached hydrogens (tertiary/aromatic N) is 1. The van der Waals surface area contributed by atoms with Gasteiger partial charge in [0, 0.05) is 12.6 Å². The van der Waals surface area contributed by atoms with Gasteiger partial charge in [-0.2, -0.15) is 0 Å². The first-order chi connectivity index (χ1) is 6.77. The first kappa shape index (κ1) is 12.0. The van der Waals surface area contributed by atoms with Crippen LogP contribution in [-0.2, 0) is 0 Å². The van der Waals surface area contributed by atoms with Crippen LogP contribution in [0.2, 0.25) is 0 Å². The van der Waals surface area contributed by atoms with Crippen LogP contribution >= 0.6 is 0 Å². The van der Waals surface area contributed by atoms with E-state index >= 15 is 0 Å². The monoisotopic (exact) mass is 200 g/mol. The Kier molecular flexibility index (Phi) is 5.45. The van der Waals surface area contributed by atoms with E-state index in [0.717, 1.165) is 32.1 Å². The number of nitrogens with one attached hydrogen (secondary N) is 1. The molecule has 0 aromatic heterocycles. The molecule has 1 aliphatic heterocycles. The van der Waals surface area contributed by atoms with E-state index in [2.05, 4.69) is 24.1 Å². The molecule has 3 heteroatoms. The highest BCUT2D eigenvalue weighted by Crippen LogP contribution is 2.20. The molecule has 1 aliphatic rings. The Morgan fingerprint density at radius 3 is 2.57 bits per heavy atom. The van der Waals surface area contributed by atoms with E-state index in [-0.39, 0.29) is 0 Å². The third-order valence-electron chi connectivity index (χ3n) is 3.28. The minimum absolute atomic E-state index is 0.299. The van der Waals surface area contributed by atoms with Gasteiger partial charge in [-0.05, 0) is 45.3 Å². The van der Waals surface area contributed by atoms with E-state index in [1.165, 1.54) is 12.8 Å². The topological polar surface area (TPSA) is 35.5 Å². The quantitative estimate of drug-likeness (QED) is 0.685. The van der Waals surface area contributed by atoms with E-state index in [9.17, 15) is 0 Å². The van der Waals surface area contributed by atoms with Gasteiger partial charge >= 0.3 is 0 Å². The van der Waals surface area contributed by atoms with E-state index in [0.29, 0.717) is 12.6 Å². The molecule has 1 saturated heterocycles. The second-order valence-corrected chi connectivity index (χ2v) is 4.25. The Bertz CT molecular complexity index is 144. The molecule has 1 fully saturated rings. The third kappa shape index (κ3) is 3.56. The Morgan fingerprint density at radius 1 is 1.43 bits per heavy atom. The largest absolute Gasteiger partial charge is 0.395 e. The zero-order chi connectivity index (χ0) is 10.4. The molecular weight excluding hydrogens is 176 g/mol. The van der Waals surface area contributed by atoms with Crippen molar-refractivity contribution in [1.29, 1.82) is 0 Å². The van der Waals surface area contributed by atoms with Crippen molar-refractivity contribution in [1.82, 2.24) is 10.2 Å². The van der Waals surface area contributed by atoms with E-state index in [1.54, 1.807) is 0 Å². The van der Waals surface area contributed by atoms with Crippen molar-refractivity contribution < 1.29 is 5.11 Å². The maximum absolute atomic E-state index is 8.82. The van der Waals surface area contributed by atoms with Gasteiger partial charge in [0.05, 0.1) is 6.61 Å². The lowest BCUT2D eigenvalue weighted by atomic mass is 9.90. The van der Waals surface area contributed by atoms with Crippen LogP contribution in [-0.4, -0.2) is 48.8 Å². The zero-order valence-electron chi connectivity index (χ0n) is 9.50. The summed E-state index contributed by atoms with van der Waals surface area (Å²) < 4.78 is 0. The highest BCUT2D eigenvalue weighted by atomic mass is 16.3. The molecule has 0 aromatic carbocycles. The Morgan fingerprint density at radius 2 is 2.07 bits per heavy atom. The maximum atomic E-state index is 8.82. The summed E-state index contributed by atoms with van der Waals surface area (Å²) in [6.07, 6.45) is 2.54. The summed E-state index contributed by atoms with van der Waals surface area (Å²) in [4.78, 5) is 2.36. The third-order valence-corrected chi connectivity index (χ3v) is 3.28. The Labute approximate surface area is 87.5 Å². The van der Waals surface area contributed by atoms with Crippen molar-refractivity contribution in [3.8, 4) is 0 Å². The van der Waals surface area contributed by atoms with Gasteiger partial charge in [0.25, 0.3) is 0 Å². The van der Waals surface area contributed by atoms with Crippen molar-refractivity contribution in [3.63, 3.8) is 0 Å². The molecule has 1 heterocycles. The molecule has 14 heavy (non-hydrogen) atoms. The first-order valence-electron chi connectivity index (χ1n) is 5.84. The number of rotatable bonds is 5. The molecule has 0 saturated carbocycles. The number of aliphatic hydroxyl groups excluding tert-OH is 1. The van der Waals surface area contributed by atoms with Crippen LogP contribution in [0.5, 0.6) is 0 Å². The molecule has 84 valence electrons. The molecule has 0 bridgehead atoms. The van der Waals surface area contributed by atoms with Gasteiger partial charge in [-0.1, -0.05) is 6.92 Å². The smallest absolute Gasteiger partial charge is 0.0558 e. The molecule has 1 unspecified atom stereocenters. The Balaban J connectivity index is 2.21. The van der Waals surface area contributed by atoms with Gasteiger partial charge in [0.15, 0.2) is 0 Å². The molecule has 0 spiro atoms. The summed E-state index contributed by atoms with van der Waals surface area (Å²) in [5.41, 5.74) is 0. The fourth-order valence-corrected chi connectivity index (χ4v) is 2.31. The standard InChI is InChI=1S/C11H24N2O/c1-3-12-10(2)11-4-6-13(7-5-11)8-9-14/h10-12,14H,3-9H2,1-2H3. The lowest BCUT2D eigenvalue weighted by molar-refractivity contribution is 0.135. The van der Waals surface area contributed by atoms with Crippen LogP contribution in [0, 0.1) is 5.92 Å². The van der Waals surface area contributed by atoms with Crippen LogP contribution in [0.15, 0.2) is 0 Å². The number of hydrogen-bond acceptors (Lipinski definition) is 3. The summed E-state index contributed by atoms with van der Waals surface area (Å²) in [7, 11) is 0. The van der Waals surface area contributed by atoms with E-state index < -0.39 is 0 Å². The van der Waals surface area contributed by atoms with Crippen LogP contribution in [0.3, 0.4) is 0 Å². The second-order valence-electron chi connectivity index (χ2n) is 4.25. The summed E-state index contributed by atoms with van der Waals surface area (Å²) in [5.74, 6) is 0.824. The molecule has 1 rings (SSSR count). The predicted molar refractivity (Wildman–Crippen MR) is 59.4 cm³/mol. The summed E-state index contributed by atoms with van der Waals surface area (Å²) in [5, 5.41) is 12.3.